The van der Waals surface area contributed by atoms with Gasteiger partial charge in [-0.05, 0) is 17.9 Å². The molecule has 0 saturated heterocycles. The normalized spacial score (nSPS) is 13.9. The minimum atomic E-state index is -0.895. The molecule has 2 nitrogen and oxygen atoms in total. The first-order valence-corrected chi connectivity index (χ1v) is 8.23. The van der Waals surface area contributed by atoms with E-state index in [0.29, 0.717) is 11.5 Å². The van der Waals surface area contributed by atoms with E-state index in [-0.39, 0.29) is 5.92 Å². The molecule has 2 atom stereocenters. The summed E-state index contributed by atoms with van der Waals surface area (Å²) in [5, 5.41) is 9.28. The number of hydrogen-bond donors (Lipinski definition) is 1. The lowest BCUT2D eigenvalue weighted by Crippen LogP contribution is -2.14. The molecule has 0 bridgehead atoms. The van der Waals surface area contributed by atoms with Crippen LogP contribution < -0.4 is 0 Å². The fourth-order valence-corrected chi connectivity index (χ4v) is 2.63. The van der Waals surface area contributed by atoms with E-state index in [1.54, 1.807) is 0 Å². The van der Waals surface area contributed by atoms with Gasteiger partial charge in [-0.25, -0.2) is 4.79 Å². The molecule has 1 N–H and O–H groups in total. The highest BCUT2D eigenvalue weighted by Gasteiger charge is 2.19. The van der Waals surface area contributed by atoms with Gasteiger partial charge < -0.3 is 5.11 Å². The summed E-state index contributed by atoms with van der Waals surface area (Å²) in [7, 11) is 0. The smallest absolute Gasteiger partial charge is 0.331 e. The van der Waals surface area contributed by atoms with Crippen LogP contribution in [0.4, 0.5) is 0 Å². The maximum atomic E-state index is 11.3. The van der Waals surface area contributed by atoms with Crippen LogP contribution in [0.2, 0.25) is 0 Å². The Balaban J connectivity index is 2.81. The van der Waals surface area contributed by atoms with Crippen LogP contribution in [0.25, 0.3) is 6.08 Å². The Morgan fingerprint density at radius 2 is 1.95 bits per heavy atom. The summed E-state index contributed by atoms with van der Waals surface area (Å²) < 4.78 is 0. The maximum Gasteiger partial charge on any atom is 0.331 e. The molecule has 0 aliphatic rings. The Morgan fingerprint density at radius 3 is 2.50 bits per heavy atom. The van der Waals surface area contributed by atoms with E-state index in [2.05, 4.69) is 20.4 Å². The summed E-state index contributed by atoms with van der Waals surface area (Å²) in [6, 6.07) is 9.98. The van der Waals surface area contributed by atoms with Crippen LogP contribution in [0, 0.1) is 11.8 Å². The van der Waals surface area contributed by atoms with E-state index in [0.717, 1.165) is 24.8 Å². The summed E-state index contributed by atoms with van der Waals surface area (Å²) >= 11 is 0. The number of allylic oxidation sites excluding steroid dienone is 1. The van der Waals surface area contributed by atoms with Crippen LogP contribution in [0.1, 0.15) is 51.5 Å². The fourth-order valence-electron chi connectivity index (χ4n) is 2.63. The van der Waals surface area contributed by atoms with Crippen molar-refractivity contribution in [3.05, 3.63) is 54.1 Å². The van der Waals surface area contributed by atoms with Gasteiger partial charge in [0.2, 0.25) is 0 Å². The average Bonchev–Trinajstić information content (AvgIpc) is 2.54. The van der Waals surface area contributed by atoms with E-state index in [1.807, 2.05) is 42.5 Å². The monoisotopic (exact) mass is 300 g/mol. The molecule has 1 aromatic carbocycles. The van der Waals surface area contributed by atoms with Crippen molar-refractivity contribution in [2.45, 2.75) is 46.0 Å². The lowest BCUT2D eigenvalue weighted by atomic mass is 9.84. The van der Waals surface area contributed by atoms with E-state index in [4.69, 9.17) is 0 Å². The molecule has 0 saturated carbocycles. The number of carboxylic acid groups (broad SMARTS) is 1. The van der Waals surface area contributed by atoms with Gasteiger partial charge in [0.25, 0.3) is 0 Å². The number of carboxylic acids is 1. The molecule has 0 aliphatic heterocycles. The van der Waals surface area contributed by atoms with E-state index >= 15 is 0 Å². The van der Waals surface area contributed by atoms with Gasteiger partial charge in [-0.15, -0.1) is 0 Å². The van der Waals surface area contributed by atoms with E-state index in [9.17, 15) is 9.90 Å². The predicted octanol–water partition coefficient (Wildman–Crippen LogP) is 5.56. The van der Waals surface area contributed by atoms with Gasteiger partial charge in [0.05, 0.1) is 0 Å². The lowest BCUT2D eigenvalue weighted by molar-refractivity contribution is -0.133. The standard InChI is InChI=1S/C20H28O2/c1-4-6-10-17(5-2)15-19(16(3)20(21)22)14-13-18-11-8-7-9-12-18/h7-9,11-14,17,19H,3-6,10,15H2,1-2H3,(H,21,22). The molecule has 2 heteroatoms. The van der Waals surface area contributed by atoms with Crippen molar-refractivity contribution in [1.29, 1.82) is 0 Å². The molecule has 120 valence electrons. The summed E-state index contributed by atoms with van der Waals surface area (Å²) in [5.74, 6) is -0.436. The van der Waals surface area contributed by atoms with Crippen molar-refractivity contribution in [2.24, 2.45) is 11.8 Å². The van der Waals surface area contributed by atoms with Gasteiger partial charge in [-0.2, -0.15) is 0 Å². The van der Waals surface area contributed by atoms with Crippen molar-refractivity contribution < 1.29 is 9.90 Å². The minimum Gasteiger partial charge on any atom is -0.478 e. The van der Waals surface area contributed by atoms with Gasteiger partial charge in [-0.3, -0.25) is 0 Å². The lowest BCUT2D eigenvalue weighted by Gasteiger charge is -2.20. The Labute approximate surface area is 134 Å². The molecule has 0 aliphatic carbocycles. The SMILES string of the molecule is C=C(C(=O)O)C(C=Cc1ccccc1)CC(CC)CCCC. The summed E-state index contributed by atoms with van der Waals surface area (Å²) in [6.07, 6.45) is 9.50. The zero-order chi connectivity index (χ0) is 16.4. The summed E-state index contributed by atoms with van der Waals surface area (Å²) in [6.45, 7) is 8.16. The summed E-state index contributed by atoms with van der Waals surface area (Å²) in [5.41, 5.74) is 1.38. The second-order valence-corrected chi connectivity index (χ2v) is 5.86. The van der Waals surface area contributed by atoms with Crippen molar-refractivity contribution in [3.63, 3.8) is 0 Å². The molecule has 0 heterocycles. The van der Waals surface area contributed by atoms with Crippen molar-refractivity contribution in [2.75, 3.05) is 0 Å². The van der Waals surface area contributed by atoms with Crippen molar-refractivity contribution >= 4 is 12.0 Å². The Bertz CT molecular complexity index is 488. The largest absolute Gasteiger partial charge is 0.478 e. The average molecular weight is 300 g/mol. The summed E-state index contributed by atoms with van der Waals surface area (Å²) in [4.78, 5) is 11.3. The van der Waals surface area contributed by atoms with Gasteiger partial charge >= 0.3 is 5.97 Å². The molecular weight excluding hydrogens is 272 g/mol. The molecule has 0 radical (unpaired) electrons. The molecule has 0 amide bonds. The second kappa shape index (κ2) is 9.99. The van der Waals surface area contributed by atoms with E-state index < -0.39 is 5.97 Å². The number of carbonyl (C=O) groups is 1. The fraction of sp³-hybridized carbons (Fsp3) is 0.450. The minimum absolute atomic E-state index is 0.0977. The molecule has 0 aromatic heterocycles. The Kier molecular flexibility index (Phi) is 8.27. The quantitative estimate of drug-likeness (QED) is 0.574. The zero-order valence-electron chi connectivity index (χ0n) is 13.8. The first kappa shape index (κ1) is 18.2. The molecule has 1 aromatic rings. The zero-order valence-corrected chi connectivity index (χ0v) is 13.8. The first-order chi connectivity index (χ1) is 10.6. The third kappa shape index (κ3) is 6.30. The number of aliphatic carboxylic acids is 1. The van der Waals surface area contributed by atoms with E-state index in [1.165, 1.54) is 12.8 Å². The maximum absolute atomic E-state index is 11.3. The molecule has 1 rings (SSSR count). The van der Waals surface area contributed by atoms with Gasteiger partial charge in [0.15, 0.2) is 0 Å². The van der Waals surface area contributed by atoms with Gasteiger partial charge in [0, 0.05) is 11.5 Å². The highest BCUT2D eigenvalue weighted by molar-refractivity contribution is 5.87. The second-order valence-electron chi connectivity index (χ2n) is 5.86. The highest BCUT2D eigenvalue weighted by atomic mass is 16.4. The number of unbranched alkanes of at least 4 members (excludes halogenated alkanes) is 1. The number of hydrogen-bond acceptors (Lipinski definition) is 1. The predicted molar refractivity (Wildman–Crippen MR) is 93.7 cm³/mol. The van der Waals surface area contributed by atoms with Crippen molar-refractivity contribution in [3.8, 4) is 0 Å². The van der Waals surface area contributed by atoms with Crippen LogP contribution >= 0.6 is 0 Å². The highest BCUT2D eigenvalue weighted by Crippen LogP contribution is 2.27. The molecule has 22 heavy (non-hydrogen) atoms. The van der Waals surface area contributed by atoms with Gasteiger partial charge in [-0.1, -0.05) is 88.6 Å². The third-order valence-electron chi connectivity index (χ3n) is 4.17. The van der Waals surface area contributed by atoms with Crippen LogP contribution in [0.5, 0.6) is 0 Å². The molecular formula is C20H28O2. The molecule has 0 spiro atoms. The number of benzene rings is 1. The molecule has 2 unspecified atom stereocenters. The first-order valence-electron chi connectivity index (χ1n) is 8.23. The third-order valence-corrected chi connectivity index (χ3v) is 4.17. The molecule has 0 fully saturated rings. The van der Waals surface area contributed by atoms with Gasteiger partial charge in [0.1, 0.15) is 0 Å². The van der Waals surface area contributed by atoms with Crippen molar-refractivity contribution in [1.82, 2.24) is 0 Å². The number of rotatable bonds is 10. The van der Waals surface area contributed by atoms with Crippen LogP contribution in [-0.4, -0.2) is 11.1 Å². The van der Waals surface area contributed by atoms with Crippen LogP contribution in [0.15, 0.2) is 48.6 Å². The Hall–Kier alpha value is -1.83. The van der Waals surface area contributed by atoms with Crippen LogP contribution in [-0.2, 0) is 4.79 Å². The topological polar surface area (TPSA) is 37.3 Å². The Morgan fingerprint density at radius 1 is 1.27 bits per heavy atom. The van der Waals surface area contributed by atoms with Crippen LogP contribution in [0.3, 0.4) is 0 Å².